The minimum atomic E-state index is -3.50. The maximum Gasteiger partial charge on any atom is 0.241 e. The van der Waals surface area contributed by atoms with Crippen molar-refractivity contribution in [1.29, 1.82) is 0 Å². The van der Waals surface area contributed by atoms with Crippen molar-refractivity contribution in [3.8, 4) is 0 Å². The van der Waals surface area contributed by atoms with Gasteiger partial charge in [-0.2, -0.15) is 0 Å². The number of sulfonamides is 1. The Kier molecular flexibility index (Phi) is 5.82. The van der Waals surface area contributed by atoms with E-state index in [1.165, 1.54) is 19.3 Å². The fourth-order valence-corrected chi connectivity index (χ4v) is 5.00. The molecule has 4 nitrogen and oxygen atoms in total. The van der Waals surface area contributed by atoms with E-state index in [-0.39, 0.29) is 0 Å². The first kappa shape index (κ1) is 16.9. The van der Waals surface area contributed by atoms with Gasteiger partial charge in [-0.1, -0.05) is 25.3 Å². The Bertz CT molecular complexity index is 596. The van der Waals surface area contributed by atoms with Crippen molar-refractivity contribution in [1.82, 2.24) is 4.72 Å². The van der Waals surface area contributed by atoms with E-state index in [1.807, 2.05) is 13.0 Å². The molecule has 0 atom stereocenters. The molecule has 1 aliphatic rings. The zero-order valence-corrected chi connectivity index (χ0v) is 14.8. The first-order chi connectivity index (χ1) is 9.94. The lowest BCUT2D eigenvalue weighted by atomic mass is 9.90. The van der Waals surface area contributed by atoms with Gasteiger partial charge in [0.2, 0.25) is 10.0 Å². The minimum Gasteiger partial charge on any atom is -0.326 e. The third-order valence-corrected chi connectivity index (χ3v) is 6.86. The normalized spacial score (nSPS) is 17.1. The van der Waals surface area contributed by atoms with Gasteiger partial charge in [-0.25, -0.2) is 13.1 Å². The van der Waals surface area contributed by atoms with Crippen molar-refractivity contribution >= 4 is 26.0 Å². The third kappa shape index (κ3) is 4.28. The predicted octanol–water partition coefficient (Wildman–Crippen LogP) is 3.07. The maximum absolute atomic E-state index is 12.5. The van der Waals surface area contributed by atoms with Crippen molar-refractivity contribution in [2.45, 2.75) is 50.5 Å². The van der Waals surface area contributed by atoms with Crippen LogP contribution in [0.1, 0.15) is 43.2 Å². The van der Waals surface area contributed by atoms with Gasteiger partial charge in [0.15, 0.2) is 0 Å². The van der Waals surface area contributed by atoms with Crippen LogP contribution in [0.25, 0.3) is 0 Å². The van der Waals surface area contributed by atoms with E-state index < -0.39 is 10.0 Å². The summed E-state index contributed by atoms with van der Waals surface area (Å²) in [5.41, 5.74) is 7.35. The Hall–Kier alpha value is -0.430. The molecule has 0 bridgehead atoms. The van der Waals surface area contributed by atoms with Gasteiger partial charge in [0.1, 0.15) is 0 Å². The van der Waals surface area contributed by atoms with E-state index in [2.05, 4.69) is 20.7 Å². The SMILES string of the molecule is Cc1cc(CN)cc(S(=O)(=O)NCC2CCCCC2)c1Br. The van der Waals surface area contributed by atoms with E-state index in [0.29, 0.717) is 28.4 Å². The molecule has 0 unspecified atom stereocenters. The third-order valence-electron chi connectivity index (χ3n) is 4.09. The van der Waals surface area contributed by atoms with E-state index in [9.17, 15) is 8.42 Å². The first-order valence-electron chi connectivity index (χ1n) is 7.43. The summed E-state index contributed by atoms with van der Waals surface area (Å²) in [7, 11) is -3.50. The molecule has 2 rings (SSSR count). The monoisotopic (exact) mass is 374 g/mol. The van der Waals surface area contributed by atoms with Crippen LogP contribution < -0.4 is 10.5 Å². The lowest BCUT2D eigenvalue weighted by molar-refractivity contribution is 0.357. The summed E-state index contributed by atoms with van der Waals surface area (Å²) in [5, 5.41) is 0. The quantitative estimate of drug-likeness (QED) is 0.831. The molecule has 0 saturated heterocycles. The minimum absolute atomic E-state index is 0.291. The second kappa shape index (κ2) is 7.22. The Balaban J connectivity index is 2.16. The number of aryl methyl sites for hydroxylation is 1. The molecule has 3 N–H and O–H groups in total. The van der Waals surface area contributed by atoms with Gasteiger partial charge in [-0.05, 0) is 58.8 Å². The standard InChI is InChI=1S/C15H23BrN2O2S/c1-11-7-13(9-17)8-14(15(11)16)21(19,20)18-10-12-5-3-2-4-6-12/h7-8,12,18H,2-6,9-10,17H2,1H3. The summed E-state index contributed by atoms with van der Waals surface area (Å²) in [6.45, 7) is 2.74. The second-order valence-electron chi connectivity index (χ2n) is 5.78. The number of benzene rings is 1. The highest BCUT2D eigenvalue weighted by Crippen LogP contribution is 2.28. The largest absolute Gasteiger partial charge is 0.326 e. The highest BCUT2D eigenvalue weighted by Gasteiger charge is 2.22. The van der Waals surface area contributed by atoms with Crippen LogP contribution in [0.15, 0.2) is 21.5 Å². The molecule has 0 amide bonds. The summed E-state index contributed by atoms with van der Waals surface area (Å²) in [4.78, 5) is 0.291. The second-order valence-corrected chi connectivity index (χ2v) is 8.31. The molecular formula is C15H23BrN2O2S. The van der Waals surface area contributed by atoms with Crippen LogP contribution in [0.2, 0.25) is 0 Å². The highest BCUT2D eigenvalue weighted by atomic mass is 79.9. The summed E-state index contributed by atoms with van der Waals surface area (Å²) < 4.78 is 28.5. The Morgan fingerprint density at radius 2 is 1.95 bits per heavy atom. The lowest BCUT2D eigenvalue weighted by Crippen LogP contribution is -2.30. The topological polar surface area (TPSA) is 72.2 Å². The van der Waals surface area contributed by atoms with Crippen LogP contribution >= 0.6 is 15.9 Å². The van der Waals surface area contributed by atoms with Crippen LogP contribution in [0.5, 0.6) is 0 Å². The predicted molar refractivity (Wildman–Crippen MR) is 88.5 cm³/mol. The van der Waals surface area contributed by atoms with Crippen molar-refractivity contribution < 1.29 is 8.42 Å². The number of hydrogen-bond donors (Lipinski definition) is 2. The maximum atomic E-state index is 12.5. The van der Waals surface area contributed by atoms with Crippen LogP contribution in [-0.2, 0) is 16.6 Å². The number of nitrogens with two attached hydrogens (primary N) is 1. The van der Waals surface area contributed by atoms with Crippen molar-refractivity contribution in [2.24, 2.45) is 11.7 Å². The lowest BCUT2D eigenvalue weighted by Gasteiger charge is -2.22. The fraction of sp³-hybridized carbons (Fsp3) is 0.600. The van der Waals surface area contributed by atoms with Crippen LogP contribution in [0.3, 0.4) is 0 Å². The highest BCUT2D eigenvalue weighted by molar-refractivity contribution is 9.10. The number of nitrogens with one attached hydrogen (secondary N) is 1. The summed E-state index contributed by atoms with van der Waals surface area (Å²) in [6, 6.07) is 3.56. The fourth-order valence-electron chi connectivity index (χ4n) is 2.82. The molecule has 0 heterocycles. The number of halogens is 1. The van der Waals surface area contributed by atoms with Crippen LogP contribution in [0, 0.1) is 12.8 Å². The summed E-state index contributed by atoms with van der Waals surface area (Å²) in [5.74, 6) is 0.464. The van der Waals surface area contributed by atoms with Crippen molar-refractivity contribution in [2.75, 3.05) is 6.54 Å². The van der Waals surface area contributed by atoms with Gasteiger partial charge < -0.3 is 5.73 Å². The zero-order chi connectivity index (χ0) is 15.5. The van der Waals surface area contributed by atoms with Crippen molar-refractivity contribution in [3.63, 3.8) is 0 Å². The Labute approximate surface area is 135 Å². The molecule has 1 fully saturated rings. The van der Waals surface area contributed by atoms with Gasteiger partial charge in [-0.15, -0.1) is 0 Å². The van der Waals surface area contributed by atoms with Gasteiger partial charge in [0.25, 0.3) is 0 Å². The zero-order valence-electron chi connectivity index (χ0n) is 12.4. The van der Waals surface area contributed by atoms with Gasteiger partial charge in [0.05, 0.1) is 4.90 Å². The molecule has 1 aromatic rings. The molecular weight excluding hydrogens is 352 g/mol. The van der Waals surface area contributed by atoms with Gasteiger partial charge in [-0.3, -0.25) is 0 Å². The van der Waals surface area contributed by atoms with Gasteiger partial charge in [0, 0.05) is 17.6 Å². The number of rotatable bonds is 5. The number of hydrogen-bond acceptors (Lipinski definition) is 3. The van der Waals surface area contributed by atoms with Crippen molar-refractivity contribution in [3.05, 3.63) is 27.7 Å². The van der Waals surface area contributed by atoms with E-state index >= 15 is 0 Å². The molecule has 1 aliphatic carbocycles. The molecule has 21 heavy (non-hydrogen) atoms. The van der Waals surface area contributed by atoms with E-state index in [1.54, 1.807) is 6.07 Å². The van der Waals surface area contributed by atoms with E-state index in [0.717, 1.165) is 24.0 Å². The molecule has 1 aromatic carbocycles. The molecule has 6 heteroatoms. The molecule has 1 saturated carbocycles. The molecule has 118 valence electrons. The molecule has 0 radical (unpaired) electrons. The smallest absolute Gasteiger partial charge is 0.241 e. The molecule has 0 aromatic heterocycles. The first-order valence-corrected chi connectivity index (χ1v) is 9.70. The summed E-state index contributed by atoms with van der Waals surface area (Å²) >= 11 is 3.39. The average molecular weight is 375 g/mol. The Morgan fingerprint density at radius 3 is 2.57 bits per heavy atom. The molecule has 0 spiro atoms. The van der Waals surface area contributed by atoms with Crippen LogP contribution in [0.4, 0.5) is 0 Å². The van der Waals surface area contributed by atoms with Gasteiger partial charge >= 0.3 is 0 Å². The van der Waals surface area contributed by atoms with Crippen LogP contribution in [-0.4, -0.2) is 15.0 Å². The Morgan fingerprint density at radius 1 is 1.29 bits per heavy atom. The van der Waals surface area contributed by atoms with E-state index in [4.69, 9.17) is 5.73 Å². The molecule has 0 aliphatic heterocycles. The average Bonchev–Trinajstić information content (AvgIpc) is 2.48. The summed E-state index contributed by atoms with van der Waals surface area (Å²) in [6.07, 6.45) is 5.92.